The fourth-order valence-corrected chi connectivity index (χ4v) is 4.03. The number of fused-ring (bicyclic) bond motifs is 1. The molecule has 0 bridgehead atoms. The van der Waals surface area contributed by atoms with E-state index in [1.807, 2.05) is 36.4 Å². The lowest BCUT2D eigenvalue weighted by molar-refractivity contribution is 0.0733. The monoisotopic (exact) mass is 441 g/mol. The van der Waals surface area contributed by atoms with E-state index < -0.39 is 0 Å². The van der Waals surface area contributed by atoms with Crippen LogP contribution in [0.25, 0.3) is 0 Å². The Bertz CT molecular complexity index is 1320. The van der Waals surface area contributed by atoms with Gasteiger partial charge in [0, 0.05) is 45.1 Å². The molecule has 0 radical (unpaired) electrons. The number of amides is 2. The van der Waals surface area contributed by atoms with Crippen molar-refractivity contribution in [1.82, 2.24) is 19.4 Å². The van der Waals surface area contributed by atoms with Gasteiger partial charge in [-0.2, -0.15) is 5.26 Å². The molecule has 0 atom stereocenters. The van der Waals surface area contributed by atoms with Crippen LogP contribution < -0.4 is 5.56 Å². The first-order chi connectivity index (χ1) is 15.9. The Labute approximate surface area is 191 Å². The molecule has 0 spiro atoms. The third-order valence-corrected chi connectivity index (χ3v) is 5.69. The van der Waals surface area contributed by atoms with Gasteiger partial charge in [0.05, 0.1) is 6.54 Å². The second-order valence-corrected chi connectivity index (χ2v) is 8.14. The van der Waals surface area contributed by atoms with Gasteiger partial charge >= 0.3 is 0 Å². The van der Waals surface area contributed by atoms with E-state index in [4.69, 9.17) is 5.26 Å². The molecule has 1 aliphatic rings. The van der Waals surface area contributed by atoms with E-state index in [-0.39, 0.29) is 35.2 Å². The Kier molecular flexibility index (Phi) is 6.05. The van der Waals surface area contributed by atoms with Crippen molar-refractivity contribution in [3.05, 3.63) is 98.7 Å². The van der Waals surface area contributed by atoms with Crippen LogP contribution in [0.15, 0.2) is 59.7 Å². The van der Waals surface area contributed by atoms with Gasteiger partial charge in [-0.3, -0.25) is 14.4 Å². The number of nitrogens with zero attached hydrogens (tertiary/aromatic N) is 5. The Morgan fingerprint density at radius 2 is 1.94 bits per heavy atom. The van der Waals surface area contributed by atoms with Crippen LogP contribution in [0.5, 0.6) is 0 Å². The van der Waals surface area contributed by atoms with E-state index in [9.17, 15) is 14.4 Å². The van der Waals surface area contributed by atoms with Crippen LogP contribution in [0.3, 0.4) is 0 Å². The molecule has 1 aliphatic heterocycles. The van der Waals surface area contributed by atoms with Crippen LogP contribution in [-0.4, -0.2) is 51.8 Å². The average Bonchev–Trinajstić information content (AvgIpc) is 2.84. The van der Waals surface area contributed by atoms with Gasteiger partial charge in [0.15, 0.2) is 0 Å². The third kappa shape index (κ3) is 4.39. The van der Waals surface area contributed by atoms with E-state index in [2.05, 4.69) is 4.98 Å². The lowest BCUT2D eigenvalue weighted by Gasteiger charge is -2.31. The number of rotatable bonds is 4. The van der Waals surface area contributed by atoms with E-state index >= 15 is 0 Å². The summed E-state index contributed by atoms with van der Waals surface area (Å²) < 4.78 is 1.54. The van der Waals surface area contributed by atoms with Crippen LogP contribution >= 0.6 is 0 Å². The first-order valence-electron chi connectivity index (χ1n) is 10.5. The maximum atomic E-state index is 13.3. The van der Waals surface area contributed by atoms with Crippen LogP contribution in [0.2, 0.25) is 0 Å². The van der Waals surface area contributed by atoms with Gasteiger partial charge in [0.2, 0.25) is 0 Å². The van der Waals surface area contributed by atoms with Crippen molar-refractivity contribution < 1.29 is 9.59 Å². The second kappa shape index (κ2) is 9.09. The van der Waals surface area contributed by atoms with Crippen molar-refractivity contribution in [2.75, 3.05) is 20.6 Å². The highest BCUT2D eigenvalue weighted by atomic mass is 16.2. The third-order valence-electron chi connectivity index (χ3n) is 5.69. The van der Waals surface area contributed by atoms with Crippen LogP contribution in [0, 0.1) is 11.3 Å². The van der Waals surface area contributed by atoms with Gasteiger partial charge in [0.1, 0.15) is 17.3 Å². The smallest absolute Gasteiger partial charge is 0.264 e. The van der Waals surface area contributed by atoms with Gasteiger partial charge in [-0.1, -0.05) is 30.3 Å². The van der Waals surface area contributed by atoms with Gasteiger partial charge < -0.3 is 14.4 Å². The molecule has 2 aromatic heterocycles. The summed E-state index contributed by atoms with van der Waals surface area (Å²) in [7, 11) is 3.25. The van der Waals surface area contributed by atoms with Gasteiger partial charge in [-0.15, -0.1) is 0 Å². The molecular weight excluding hydrogens is 418 g/mol. The molecule has 0 saturated carbocycles. The molecule has 3 heterocycles. The average molecular weight is 441 g/mol. The molecule has 0 fully saturated rings. The summed E-state index contributed by atoms with van der Waals surface area (Å²) in [5.41, 5.74) is 2.79. The lowest BCUT2D eigenvalue weighted by atomic mass is 9.95. The highest BCUT2D eigenvalue weighted by Crippen LogP contribution is 2.23. The zero-order chi connectivity index (χ0) is 23.5. The molecule has 0 aliphatic carbocycles. The highest BCUT2D eigenvalue weighted by Gasteiger charge is 2.29. The molecule has 0 N–H and O–H groups in total. The van der Waals surface area contributed by atoms with Crippen molar-refractivity contribution >= 4 is 11.8 Å². The van der Waals surface area contributed by atoms with Crippen molar-refractivity contribution in [1.29, 1.82) is 5.26 Å². The molecule has 1 aromatic carbocycles. The minimum Gasteiger partial charge on any atom is -0.345 e. The number of carbonyl (C=O) groups excluding carboxylic acids is 2. The summed E-state index contributed by atoms with van der Waals surface area (Å²) in [6.45, 7) is 0.956. The molecule has 33 heavy (non-hydrogen) atoms. The maximum Gasteiger partial charge on any atom is 0.264 e. The number of hydrogen-bond acceptors (Lipinski definition) is 5. The number of benzene rings is 1. The van der Waals surface area contributed by atoms with Crippen molar-refractivity contribution in [2.45, 2.75) is 19.5 Å². The maximum absolute atomic E-state index is 13.3. The van der Waals surface area contributed by atoms with E-state index in [1.54, 1.807) is 35.8 Å². The van der Waals surface area contributed by atoms with Crippen LogP contribution in [0.1, 0.15) is 43.1 Å². The second-order valence-electron chi connectivity index (χ2n) is 8.14. The molecule has 166 valence electrons. The number of aromatic nitrogens is 2. The predicted octanol–water partition coefficient (Wildman–Crippen LogP) is 2.06. The summed E-state index contributed by atoms with van der Waals surface area (Å²) in [6, 6.07) is 14.5. The summed E-state index contributed by atoms with van der Waals surface area (Å²) >= 11 is 0. The normalized spacial score (nSPS) is 12.6. The number of hydrogen-bond donors (Lipinski definition) is 0. The number of carbonyl (C=O) groups is 2. The molecule has 0 unspecified atom stereocenters. The molecule has 8 nitrogen and oxygen atoms in total. The lowest BCUT2D eigenvalue weighted by Crippen LogP contribution is -2.41. The Hall–Kier alpha value is -4.25. The fourth-order valence-electron chi connectivity index (χ4n) is 4.03. The van der Waals surface area contributed by atoms with Gasteiger partial charge in [-0.25, -0.2) is 4.98 Å². The minimum absolute atomic E-state index is 0.163. The Balaban J connectivity index is 1.74. The number of pyridine rings is 2. The SMILES string of the molecule is CN(C)C(=O)c1c2c(cn(Cc3ccccc3)c1=O)CN(C(=O)c1ccnc(C#N)c1)CC2. The zero-order valence-corrected chi connectivity index (χ0v) is 18.5. The largest absolute Gasteiger partial charge is 0.345 e. The van der Waals surface area contributed by atoms with Crippen LogP contribution in [-0.2, 0) is 19.5 Å². The predicted molar refractivity (Wildman–Crippen MR) is 122 cm³/mol. The van der Waals surface area contributed by atoms with E-state index in [0.29, 0.717) is 30.6 Å². The Morgan fingerprint density at radius 1 is 1.18 bits per heavy atom. The van der Waals surface area contributed by atoms with Crippen molar-refractivity contribution in [3.8, 4) is 6.07 Å². The number of nitriles is 1. The summed E-state index contributed by atoms with van der Waals surface area (Å²) in [5.74, 6) is -0.563. The summed E-state index contributed by atoms with van der Waals surface area (Å²) in [6.07, 6.45) is 3.59. The van der Waals surface area contributed by atoms with E-state index in [0.717, 1.165) is 11.1 Å². The molecule has 2 amide bonds. The molecule has 4 rings (SSSR count). The zero-order valence-electron chi connectivity index (χ0n) is 18.5. The Morgan fingerprint density at radius 3 is 2.64 bits per heavy atom. The summed E-state index contributed by atoms with van der Waals surface area (Å²) in [4.78, 5) is 46.3. The quantitative estimate of drug-likeness (QED) is 0.617. The van der Waals surface area contributed by atoms with Crippen molar-refractivity contribution in [3.63, 3.8) is 0 Å². The summed E-state index contributed by atoms with van der Waals surface area (Å²) in [5, 5.41) is 9.08. The molecule has 8 heteroatoms. The molecule has 3 aromatic rings. The van der Waals surface area contributed by atoms with Crippen molar-refractivity contribution in [2.24, 2.45) is 0 Å². The van der Waals surface area contributed by atoms with Crippen LogP contribution in [0.4, 0.5) is 0 Å². The molecular formula is C25H23N5O3. The minimum atomic E-state index is -0.341. The van der Waals surface area contributed by atoms with Gasteiger partial charge in [0.25, 0.3) is 17.4 Å². The topological polar surface area (TPSA) is 99.3 Å². The first-order valence-corrected chi connectivity index (χ1v) is 10.5. The first kappa shape index (κ1) is 22.0. The van der Waals surface area contributed by atoms with Gasteiger partial charge in [-0.05, 0) is 35.2 Å². The van der Waals surface area contributed by atoms with E-state index in [1.165, 1.54) is 17.2 Å². The molecule has 0 saturated heterocycles. The fraction of sp³-hybridized carbons (Fsp3) is 0.240. The standard InChI is InChI=1S/C25H23N5O3/c1-28(2)24(32)22-21-9-11-29(23(31)18-8-10-27-20(12-18)13-26)15-19(21)16-30(25(22)33)14-17-6-4-3-5-7-17/h3-8,10,12,16H,9,11,14-15H2,1-2H3. The highest BCUT2D eigenvalue weighted by molar-refractivity contribution is 5.96.